The van der Waals surface area contributed by atoms with Crippen molar-refractivity contribution < 1.29 is 14.3 Å². The lowest BCUT2D eigenvalue weighted by Gasteiger charge is -2.40. The third kappa shape index (κ3) is 5.70. The lowest BCUT2D eigenvalue weighted by atomic mass is 9.94. The van der Waals surface area contributed by atoms with E-state index in [1.165, 1.54) is 0 Å². The van der Waals surface area contributed by atoms with Crippen LogP contribution in [0.2, 0.25) is 0 Å². The maximum atomic E-state index is 13.0. The normalized spacial score (nSPS) is 17.8. The number of nitrogens with zero attached hydrogens (tertiary/aromatic N) is 2. The Morgan fingerprint density at radius 3 is 2.59 bits per heavy atom. The van der Waals surface area contributed by atoms with Crippen LogP contribution >= 0.6 is 11.8 Å². The van der Waals surface area contributed by atoms with Gasteiger partial charge in [0.05, 0.1) is 23.4 Å². The molecule has 1 atom stereocenters. The first-order valence-corrected chi connectivity index (χ1v) is 12.7. The zero-order valence-electron chi connectivity index (χ0n) is 19.9. The fourth-order valence-electron chi connectivity index (χ4n) is 4.23. The van der Waals surface area contributed by atoms with Gasteiger partial charge in [-0.15, -0.1) is 0 Å². The lowest BCUT2D eigenvalue weighted by Crippen LogP contribution is -2.42. The Bertz CT molecular complexity index is 1090. The highest BCUT2D eigenvalue weighted by Gasteiger charge is 2.38. The number of carbonyl (C=O) groups is 2. The standard InChI is InChI=1S/C27H31N3O3S/c1-18(2)33-26(32)24-19(3)28-27-30(16-7-17-34-27)25(24)21-11-13-22(14-12-21)29-23(31)15-10-20-8-5-4-6-9-20/h4-6,8-9,11-14,18,25H,7,10,15-17H2,1-3H3,(H,29,31). The molecule has 178 valence electrons. The second-order valence-electron chi connectivity index (χ2n) is 8.80. The molecule has 0 spiro atoms. The predicted molar refractivity (Wildman–Crippen MR) is 138 cm³/mol. The van der Waals surface area contributed by atoms with Gasteiger partial charge in [0, 0.05) is 24.4 Å². The third-order valence-corrected chi connectivity index (χ3v) is 6.89. The molecule has 6 nitrogen and oxygen atoms in total. The Balaban J connectivity index is 1.51. The number of allylic oxidation sites excluding steroid dienone is 1. The molecule has 2 aromatic rings. The number of hydrogen-bond donors (Lipinski definition) is 1. The Hall–Kier alpha value is -3.06. The Kier molecular flexibility index (Phi) is 7.73. The van der Waals surface area contributed by atoms with Crippen molar-refractivity contribution in [2.24, 2.45) is 4.99 Å². The zero-order valence-corrected chi connectivity index (χ0v) is 20.7. The number of aliphatic imine (C=N–C) groups is 1. The van der Waals surface area contributed by atoms with Crippen LogP contribution < -0.4 is 5.32 Å². The quantitative estimate of drug-likeness (QED) is 0.546. The van der Waals surface area contributed by atoms with Crippen LogP contribution in [0.3, 0.4) is 0 Å². The predicted octanol–water partition coefficient (Wildman–Crippen LogP) is 5.33. The number of benzene rings is 2. The fraction of sp³-hybridized carbons (Fsp3) is 0.370. The van der Waals surface area contributed by atoms with E-state index in [4.69, 9.17) is 9.73 Å². The van der Waals surface area contributed by atoms with Crippen molar-refractivity contribution in [3.8, 4) is 0 Å². The van der Waals surface area contributed by atoms with E-state index in [0.717, 1.165) is 40.7 Å². The summed E-state index contributed by atoms with van der Waals surface area (Å²) in [6, 6.07) is 17.5. The summed E-state index contributed by atoms with van der Waals surface area (Å²) in [6.07, 6.45) is 1.95. The summed E-state index contributed by atoms with van der Waals surface area (Å²) in [6.45, 7) is 6.42. The molecular weight excluding hydrogens is 446 g/mol. The number of carbonyl (C=O) groups excluding carboxylic acids is 2. The number of anilines is 1. The number of fused-ring (bicyclic) bond motifs is 1. The van der Waals surface area contributed by atoms with Crippen molar-refractivity contribution in [1.29, 1.82) is 0 Å². The number of ether oxygens (including phenoxy) is 1. The van der Waals surface area contributed by atoms with E-state index in [9.17, 15) is 9.59 Å². The van der Waals surface area contributed by atoms with E-state index >= 15 is 0 Å². The summed E-state index contributed by atoms with van der Waals surface area (Å²) in [5.74, 6) is 0.678. The highest BCUT2D eigenvalue weighted by atomic mass is 32.2. The number of amides is 1. The van der Waals surface area contributed by atoms with Gasteiger partial charge in [-0.1, -0.05) is 54.2 Å². The van der Waals surface area contributed by atoms with Crippen molar-refractivity contribution in [1.82, 2.24) is 4.90 Å². The first-order valence-electron chi connectivity index (χ1n) is 11.8. The van der Waals surface area contributed by atoms with E-state index in [0.29, 0.717) is 24.1 Å². The monoisotopic (exact) mass is 477 g/mol. The minimum Gasteiger partial charge on any atom is -0.459 e. The molecular formula is C27H31N3O3S. The van der Waals surface area contributed by atoms with Crippen LogP contribution in [0.5, 0.6) is 0 Å². The molecule has 2 aliphatic rings. The van der Waals surface area contributed by atoms with Crippen molar-refractivity contribution in [3.63, 3.8) is 0 Å². The molecule has 1 fully saturated rings. The van der Waals surface area contributed by atoms with Crippen LogP contribution in [0.1, 0.15) is 50.8 Å². The third-order valence-electron chi connectivity index (χ3n) is 5.81. The largest absolute Gasteiger partial charge is 0.459 e. The number of rotatable bonds is 7. The van der Waals surface area contributed by atoms with Gasteiger partial charge in [-0.2, -0.15) is 0 Å². The van der Waals surface area contributed by atoms with Gasteiger partial charge in [0.15, 0.2) is 5.17 Å². The summed E-state index contributed by atoms with van der Waals surface area (Å²) < 4.78 is 5.57. The maximum Gasteiger partial charge on any atom is 0.338 e. The topological polar surface area (TPSA) is 71.0 Å². The van der Waals surface area contributed by atoms with Crippen LogP contribution in [0, 0.1) is 0 Å². The molecule has 2 heterocycles. The summed E-state index contributed by atoms with van der Waals surface area (Å²) in [4.78, 5) is 32.4. The van der Waals surface area contributed by atoms with Gasteiger partial charge >= 0.3 is 5.97 Å². The molecule has 0 aromatic heterocycles. The Labute approximate surface area is 205 Å². The van der Waals surface area contributed by atoms with Gasteiger partial charge in [-0.3, -0.25) is 4.79 Å². The Morgan fingerprint density at radius 2 is 1.88 bits per heavy atom. The van der Waals surface area contributed by atoms with Crippen LogP contribution in [0.15, 0.2) is 70.9 Å². The van der Waals surface area contributed by atoms with Gasteiger partial charge in [-0.25, -0.2) is 9.79 Å². The number of amidine groups is 1. The van der Waals surface area contributed by atoms with E-state index in [1.54, 1.807) is 11.8 Å². The van der Waals surface area contributed by atoms with Crippen LogP contribution in [0.25, 0.3) is 0 Å². The number of thioether (sulfide) groups is 1. The smallest absolute Gasteiger partial charge is 0.338 e. The first-order chi connectivity index (χ1) is 16.4. The number of aryl methyl sites for hydroxylation is 1. The average Bonchev–Trinajstić information content (AvgIpc) is 2.82. The summed E-state index contributed by atoms with van der Waals surface area (Å²) in [7, 11) is 0. The van der Waals surface area contributed by atoms with Crippen LogP contribution in [0.4, 0.5) is 5.69 Å². The maximum absolute atomic E-state index is 13.0. The molecule has 2 aromatic carbocycles. The van der Waals surface area contributed by atoms with Crippen LogP contribution in [-0.4, -0.2) is 40.3 Å². The second-order valence-corrected chi connectivity index (χ2v) is 9.86. The molecule has 7 heteroatoms. The summed E-state index contributed by atoms with van der Waals surface area (Å²) in [5.41, 5.74) is 4.15. The molecule has 0 radical (unpaired) electrons. The van der Waals surface area contributed by atoms with Gasteiger partial charge in [0.1, 0.15) is 0 Å². The van der Waals surface area contributed by atoms with Crippen molar-refractivity contribution in [3.05, 3.63) is 77.0 Å². The Morgan fingerprint density at radius 1 is 1.15 bits per heavy atom. The van der Waals surface area contributed by atoms with E-state index in [2.05, 4.69) is 10.2 Å². The highest BCUT2D eigenvalue weighted by molar-refractivity contribution is 8.13. The van der Waals surface area contributed by atoms with E-state index < -0.39 is 0 Å². The first kappa shape index (κ1) is 24.1. The zero-order chi connectivity index (χ0) is 24.1. The van der Waals surface area contributed by atoms with Crippen molar-refractivity contribution in [2.45, 2.75) is 52.2 Å². The van der Waals surface area contributed by atoms with Crippen molar-refractivity contribution >= 4 is 34.5 Å². The number of hydrogen-bond acceptors (Lipinski definition) is 6. The van der Waals surface area contributed by atoms with E-state index in [1.807, 2.05) is 75.4 Å². The second kappa shape index (κ2) is 10.9. The van der Waals surface area contributed by atoms with Gasteiger partial charge in [-0.05, 0) is 56.9 Å². The highest BCUT2D eigenvalue weighted by Crippen LogP contribution is 2.40. The van der Waals surface area contributed by atoms with Gasteiger partial charge in [0.2, 0.25) is 5.91 Å². The van der Waals surface area contributed by atoms with Gasteiger partial charge in [0.25, 0.3) is 0 Å². The number of nitrogens with one attached hydrogen (secondary N) is 1. The summed E-state index contributed by atoms with van der Waals surface area (Å²) >= 11 is 1.72. The molecule has 1 saturated heterocycles. The molecule has 1 unspecified atom stereocenters. The lowest BCUT2D eigenvalue weighted by molar-refractivity contribution is -0.143. The molecule has 4 rings (SSSR count). The fourth-order valence-corrected chi connectivity index (χ4v) is 5.25. The molecule has 2 aliphatic heterocycles. The SMILES string of the molecule is CC1=C(C(=O)OC(C)C)C(c2ccc(NC(=O)CCc3ccccc3)cc2)N2CCCSC2=N1. The van der Waals surface area contributed by atoms with Crippen molar-refractivity contribution in [2.75, 3.05) is 17.6 Å². The van der Waals surface area contributed by atoms with E-state index in [-0.39, 0.29) is 24.0 Å². The van der Waals surface area contributed by atoms with Gasteiger partial charge < -0.3 is 15.0 Å². The molecule has 1 N–H and O–H groups in total. The molecule has 0 aliphatic carbocycles. The molecule has 34 heavy (non-hydrogen) atoms. The molecule has 0 saturated carbocycles. The minimum atomic E-state index is -0.325. The minimum absolute atomic E-state index is 0.0203. The number of esters is 1. The molecule has 0 bridgehead atoms. The average molecular weight is 478 g/mol. The molecule has 1 amide bonds. The van der Waals surface area contributed by atoms with Crippen LogP contribution in [-0.2, 0) is 20.7 Å². The summed E-state index contributed by atoms with van der Waals surface area (Å²) in [5, 5.41) is 3.94.